The summed E-state index contributed by atoms with van der Waals surface area (Å²) in [6, 6.07) is 0.618. The molecular weight excluding hydrogens is 250 g/mol. The molecule has 0 bridgehead atoms. The molecule has 1 aliphatic heterocycles. The molecule has 0 aromatic heterocycles. The zero-order valence-corrected chi connectivity index (χ0v) is 14.1. The van der Waals surface area contributed by atoms with Crippen LogP contribution in [0.15, 0.2) is 0 Å². The van der Waals surface area contributed by atoms with E-state index >= 15 is 0 Å². The molecule has 1 aliphatic rings. The normalized spacial score (nSPS) is 25.0. The number of nitrogens with zero attached hydrogens (tertiary/aromatic N) is 2. The molecule has 1 fully saturated rings. The summed E-state index contributed by atoms with van der Waals surface area (Å²) in [5.41, 5.74) is 0. The predicted octanol–water partition coefficient (Wildman–Crippen LogP) is 2.30. The van der Waals surface area contributed by atoms with Crippen LogP contribution in [0.4, 0.5) is 0 Å². The third-order valence-electron chi connectivity index (χ3n) is 4.69. The summed E-state index contributed by atoms with van der Waals surface area (Å²) in [4.78, 5) is 16.8. The van der Waals surface area contributed by atoms with Gasteiger partial charge in [0.05, 0.1) is 12.2 Å². The number of hydrogen-bond acceptors (Lipinski definition) is 3. The first-order valence-electron chi connectivity index (χ1n) is 8.15. The van der Waals surface area contributed by atoms with E-state index in [2.05, 4.69) is 51.9 Å². The second kappa shape index (κ2) is 7.99. The van der Waals surface area contributed by atoms with E-state index in [9.17, 15) is 4.79 Å². The molecule has 1 heterocycles. The van der Waals surface area contributed by atoms with Gasteiger partial charge in [0.15, 0.2) is 0 Å². The molecule has 0 aromatic carbocycles. The number of carbonyl (C=O) groups excluding carboxylic acids is 1. The van der Waals surface area contributed by atoms with Gasteiger partial charge in [-0.05, 0) is 53.1 Å². The van der Waals surface area contributed by atoms with E-state index in [1.165, 1.54) is 0 Å². The molecule has 118 valence electrons. The number of hydrogen-bond donors (Lipinski definition) is 1. The van der Waals surface area contributed by atoms with E-state index in [-0.39, 0.29) is 12.2 Å². The Kier molecular flexibility index (Phi) is 6.96. The molecule has 0 spiro atoms. The van der Waals surface area contributed by atoms with Gasteiger partial charge in [-0.3, -0.25) is 10.1 Å². The number of amides is 1. The first kappa shape index (κ1) is 17.4. The lowest BCUT2D eigenvalue weighted by molar-refractivity contribution is -0.130. The van der Waals surface area contributed by atoms with Gasteiger partial charge in [-0.15, -0.1) is 0 Å². The van der Waals surface area contributed by atoms with Crippen LogP contribution >= 0.6 is 0 Å². The van der Waals surface area contributed by atoms with Crippen LogP contribution in [0, 0.1) is 5.92 Å². The Morgan fingerprint density at radius 3 is 2.50 bits per heavy atom. The van der Waals surface area contributed by atoms with Crippen LogP contribution in [-0.4, -0.2) is 54.1 Å². The zero-order valence-electron chi connectivity index (χ0n) is 14.1. The van der Waals surface area contributed by atoms with Gasteiger partial charge in [-0.1, -0.05) is 20.3 Å². The molecule has 1 rings (SSSR count). The van der Waals surface area contributed by atoms with E-state index < -0.39 is 0 Å². The fourth-order valence-electron chi connectivity index (χ4n) is 2.64. The van der Waals surface area contributed by atoms with Gasteiger partial charge in [0, 0.05) is 12.6 Å². The van der Waals surface area contributed by atoms with Crippen molar-refractivity contribution < 1.29 is 4.79 Å². The Balaban J connectivity index is 2.35. The maximum Gasteiger partial charge on any atom is 0.241 e. The largest absolute Gasteiger partial charge is 0.326 e. The molecule has 1 saturated heterocycles. The summed E-state index contributed by atoms with van der Waals surface area (Å²) in [7, 11) is 2.16. The smallest absolute Gasteiger partial charge is 0.241 e. The summed E-state index contributed by atoms with van der Waals surface area (Å²) in [5, 5.41) is 3.44. The average molecular weight is 283 g/mol. The monoisotopic (exact) mass is 283 g/mol. The van der Waals surface area contributed by atoms with Gasteiger partial charge in [0.2, 0.25) is 5.91 Å². The molecule has 3 unspecified atom stereocenters. The van der Waals surface area contributed by atoms with Crippen LogP contribution in [0.1, 0.15) is 53.9 Å². The van der Waals surface area contributed by atoms with Crippen LogP contribution in [0.5, 0.6) is 0 Å². The predicted molar refractivity (Wildman–Crippen MR) is 84.6 cm³/mol. The van der Waals surface area contributed by atoms with Crippen molar-refractivity contribution in [3.8, 4) is 0 Å². The standard InChI is InChI=1S/C16H33N3O/c1-7-13(4)15-16(20)19(14(5)17-15)11-9-8-10-18(6)12(2)3/h12-15,17H,7-11H2,1-6H3. The minimum Gasteiger partial charge on any atom is -0.326 e. The van der Waals surface area contributed by atoms with Crippen LogP contribution in [0.3, 0.4) is 0 Å². The third-order valence-corrected chi connectivity index (χ3v) is 4.69. The minimum atomic E-state index is 0.0216. The van der Waals surface area contributed by atoms with Crippen LogP contribution in [-0.2, 0) is 4.79 Å². The highest BCUT2D eigenvalue weighted by Gasteiger charge is 2.38. The molecule has 1 amide bonds. The van der Waals surface area contributed by atoms with Crippen molar-refractivity contribution in [2.45, 2.75) is 72.1 Å². The summed E-state index contributed by atoms with van der Waals surface area (Å²) in [6.07, 6.45) is 3.47. The van der Waals surface area contributed by atoms with E-state index in [0.29, 0.717) is 17.9 Å². The van der Waals surface area contributed by atoms with E-state index in [1.807, 2.05) is 4.90 Å². The first-order valence-corrected chi connectivity index (χ1v) is 8.15. The molecule has 0 aliphatic carbocycles. The number of carbonyl (C=O) groups is 1. The van der Waals surface area contributed by atoms with Crippen LogP contribution in [0.25, 0.3) is 0 Å². The number of nitrogens with one attached hydrogen (secondary N) is 1. The maximum absolute atomic E-state index is 12.4. The van der Waals surface area contributed by atoms with E-state index in [0.717, 1.165) is 32.4 Å². The lowest BCUT2D eigenvalue weighted by Gasteiger charge is -2.23. The molecule has 0 saturated carbocycles. The highest BCUT2D eigenvalue weighted by molar-refractivity contribution is 5.84. The van der Waals surface area contributed by atoms with Gasteiger partial charge < -0.3 is 9.80 Å². The molecule has 4 heteroatoms. The van der Waals surface area contributed by atoms with Crippen molar-refractivity contribution in [2.75, 3.05) is 20.1 Å². The first-order chi connectivity index (χ1) is 9.38. The van der Waals surface area contributed by atoms with Crippen molar-refractivity contribution in [3.05, 3.63) is 0 Å². The molecule has 3 atom stereocenters. The van der Waals surface area contributed by atoms with Crippen molar-refractivity contribution >= 4 is 5.91 Å². The highest BCUT2D eigenvalue weighted by atomic mass is 16.2. The Bertz CT molecular complexity index is 306. The lowest BCUT2D eigenvalue weighted by atomic mass is 9.99. The van der Waals surface area contributed by atoms with E-state index in [1.54, 1.807) is 0 Å². The maximum atomic E-state index is 12.4. The van der Waals surface area contributed by atoms with Gasteiger partial charge in [-0.25, -0.2) is 0 Å². The molecule has 0 aromatic rings. The summed E-state index contributed by atoms with van der Waals surface area (Å²) < 4.78 is 0. The van der Waals surface area contributed by atoms with Gasteiger partial charge in [0.1, 0.15) is 0 Å². The topological polar surface area (TPSA) is 35.6 Å². The number of unbranched alkanes of at least 4 members (excludes halogenated alkanes) is 1. The molecule has 4 nitrogen and oxygen atoms in total. The average Bonchev–Trinajstić information content (AvgIpc) is 2.69. The number of rotatable bonds is 8. The quantitative estimate of drug-likeness (QED) is 0.694. The fraction of sp³-hybridized carbons (Fsp3) is 0.938. The Morgan fingerprint density at radius 2 is 1.95 bits per heavy atom. The molecule has 1 N–H and O–H groups in total. The Labute approximate surface area is 124 Å². The van der Waals surface area contributed by atoms with Crippen LogP contribution in [0.2, 0.25) is 0 Å². The highest BCUT2D eigenvalue weighted by Crippen LogP contribution is 2.19. The van der Waals surface area contributed by atoms with E-state index in [4.69, 9.17) is 0 Å². The molecule has 20 heavy (non-hydrogen) atoms. The summed E-state index contributed by atoms with van der Waals surface area (Å²) >= 11 is 0. The summed E-state index contributed by atoms with van der Waals surface area (Å²) in [5.74, 6) is 0.714. The van der Waals surface area contributed by atoms with Crippen molar-refractivity contribution in [2.24, 2.45) is 5.92 Å². The summed E-state index contributed by atoms with van der Waals surface area (Å²) in [6.45, 7) is 12.8. The second-order valence-corrected chi connectivity index (χ2v) is 6.52. The second-order valence-electron chi connectivity index (χ2n) is 6.52. The third kappa shape index (κ3) is 4.45. The van der Waals surface area contributed by atoms with Gasteiger partial charge >= 0.3 is 0 Å². The Morgan fingerprint density at radius 1 is 1.30 bits per heavy atom. The SMILES string of the molecule is CCC(C)C1NC(C)N(CCCCN(C)C(C)C)C1=O. The van der Waals surface area contributed by atoms with Crippen molar-refractivity contribution in [1.82, 2.24) is 15.1 Å². The Hall–Kier alpha value is -0.610. The molecule has 0 radical (unpaired) electrons. The van der Waals surface area contributed by atoms with Crippen LogP contribution < -0.4 is 5.32 Å². The van der Waals surface area contributed by atoms with Crippen molar-refractivity contribution in [3.63, 3.8) is 0 Å². The zero-order chi connectivity index (χ0) is 15.3. The molecular formula is C16H33N3O. The van der Waals surface area contributed by atoms with Crippen molar-refractivity contribution in [1.29, 1.82) is 0 Å². The fourth-order valence-corrected chi connectivity index (χ4v) is 2.64. The van der Waals surface area contributed by atoms with Gasteiger partial charge in [-0.2, -0.15) is 0 Å². The minimum absolute atomic E-state index is 0.0216. The lowest BCUT2D eigenvalue weighted by Crippen LogP contribution is -2.36. The van der Waals surface area contributed by atoms with Gasteiger partial charge in [0.25, 0.3) is 0 Å².